The summed E-state index contributed by atoms with van der Waals surface area (Å²) in [7, 11) is 0. The normalized spacial score (nSPS) is 11.2. The highest BCUT2D eigenvalue weighted by atomic mass is 19.1. The van der Waals surface area contributed by atoms with E-state index in [0.29, 0.717) is 29.8 Å². The molecule has 0 spiro atoms. The van der Waals surface area contributed by atoms with Gasteiger partial charge in [-0.25, -0.2) is 13.8 Å². The van der Waals surface area contributed by atoms with Crippen molar-refractivity contribution in [1.82, 2.24) is 15.3 Å². The lowest BCUT2D eigenvalue weighted by Crippen LogP contribution is -2.23. The molecule has 0 aliphatic rings. The van der Waals surface area contributed by atoms with E-state index in [2.05, 4.69) is 15.3 Å². The predicted octanol–water partition coefficient (Wildman–Crippen LogP) is 3.21. The van der Waals surface area contributed by atoms with Crippen LogP contribution in [0.15, 0.2) is 48.5 Å². The molecule has 122 valence electrons. The van der Waals surface area contributed by atoms with Crippen LogP contribution in [0.1, 0.15) is 11.4 Å². The molecule has 0 unspecified atom stereocenters. The van der Waals surface area contributed by atoms with Gasteiger partial charge in [-0.1, -0.05) is 12.1 Å². The number of aromatic amines is 1. The Morgan fingerprint density at radius 2 is 1.88 bits per heavy atom. The van der Waals surface area contributed by atoms with E-state index in [9.17, 15) is 13.6 Å². The average Bonchev–Trinajstić information content (AvgIpc) is 2.96. The number of imidazole rings is 1. The quantitative estimate of drug-likeness (QED) is 0.707. The van der Waals surface area contributed by atoms with Crippen LogP contribution in [0, 0.1) is 11.6 Å². The first-order valence-electron chi connectivity index (χ1n) is 7.46. The fourth-order valence-electron chi connectivity index (χ4n) is 2.26. The summed E-state index contributed by atoms with van der Waals surface area (Å²) in [4.78, 5) is 19.1. The van der Waals surface area contributed by atoms with Crippen molar-refractivity contribution >= 4 is 23.0 Å². The van der Waals surface area contributed by atoms with Crippen LogP contribution in [0.25, 0.3) is 17.1 Å². The van der Waals surface area contributed by atoms with Crippen LogP contribution in [0.3, 0.4) is 0 Å². The van der Waals surface area contributed by atoms with Gasteiger partial charge in [0.1, 0.15) is 17.5 Å². The smallest absolute Gasteiger partial charge is 0.244 e. The molecule has 0 bridgehead atoms. The Morgan fingerprint density at radius 3 is 2.67 bits per heavy atom. The van der Waals surface area contributed by atoms with Crippen LogP contribution in [-0.4, -0.2) is 22.4 Å². The largest absolute Gasteiger partial charge is 0.352 e. The van der Waals surface area contributed by atoms with Crippen molar-refractivity contribution in [3.05, 3.63) is 71.6 Å². The van der Waals surface area contributed by atoms with E-state index in [-0.39, 0.29) is 17.5 Å². The van der Waals surface area contributed by atoms with Gasteiger partial charge in [0.05, 0.1) is 11.0 Å². The summed E-state index contributed by atoms with van der Waals surface area (Å²) in [6, 6.07) is 10.2. The van der Waals surface area contributed by atoms with Crippen molar-refractivity contribution in [2.24, 2.45) is 0 Å². The highest BCUT2D eigenvalue weighted by Gasteiger charge is 2.04. The zero-order valence-electron chi connectivity index (χ0n) is 12.7. The predicted molar refractivity (Wildman–Crippen MR) is 88.2 cm³/mol. The molecule has 1 heterocycles. The Balaban J connectivity index is 1.51. The van der Waals surface area contributed by atoms with Gasteiger partial charge in [-0.2, -0.15) is 0 Å². The molecule has 0 aliphatic heterocycles. The van der Waals surface area contributed by atoms with Gasteiger partial charge >= 0.3 is 0 Å². The van der Waals surface area contributed by atoms with E-state index in [0.717, 1.165) is 5.56 Å². The molecule has 4 nitrogen and oxygen atoms in total. The van der Waals surface area contributed by atoms with Gasteiger partial charge in [-0.3, -0.25) is 4.79 Å². The van der Waals surface area contributed by atoms with Gasteiger partial charge in [0.15, 0.2) is 0 Å². The van der Waals surface area contributed by atoms with Crippen LogP contribution in [-0.2, 0) is 11.2 Å². The Bertz CT molecular complexity index is 885. The van der Waals surface area contributed by atoms with Gasteiger partial charge in [0.25, 0.3) is 0 Å². The number of nitrogens with zero attached hydrogens (tertiary/aromatic N) is 1. The van der Waals surface area contributed by atoms with Gasteiger partial charge in [-0.05, 0) is 42.0 Å². The number of carbonyl (C=O) groups is 1. The van der Waals surface area contributed by atoms with Crippen molar-refractivity contribution in [3.8, 4) is 0 Å². The lowest BCUT2D eigenvalue weighted by Gasteiger charge is -2.00. The number of aromatic nitrogens is 2. The van der Waals surface area contributed by atoms with Crippen LogP contribution in [0.2, 0.25) is 0 Å². The summed E-state index contributed by atoms with van der Waals surface area (Å²) >= 11 is 0. The molecular weight excluding hydrogens is 312 g/mol. The molecule has 1 aromatic heterocycles. The van der Waals surface area contributed by atoms with E-state index in [1.54, 1.807) is 24.3 Å². The summed E-state index contributed by atoms with van der Waals surface area (Å²) in [6.07, 6.45) is 3.51. The topological polar surface area (TPSA) is 57.8 Å². The first kappa shape index (κ1) is 15.9. The number of H-pyrrole nitrogens is 1. The molecule has 6 heteroatoms. The third-order valence-electron chi connectivity index (χ3n) is 3.45. The number of halogens is 2. The van der Waals surface area contributed by atoms with Gasteiger partial charge in [-0.15, -0.1) is 0 Å². The highest BCUT2D eigenvalue weighted by Crippen LogP contribution is 2.13. The number of hydrogen-bond donors (Lipinski definition) is 2. The molecule has 0 saturated heterocycles. The molecular formula is C18H15F2N3O. The summed E-state index contributed by atoms with van der Waals surface area (Å²) in [5, 5.41) is 2.73. The fourth-order valence-corrected chi connectivity index (χ4v) is 2.26. The third-order valence-corrected chi connectivity index (χ3v) is 3.45. The van der Waals surface area contributed by atoms with Crippen LogP contribution in [0.4, 0.5) is 8.78 Å². The molecule has 2 N–H and O–H groups in total. The zero-order chi connectivity index (χ0) is 16.9. The van der Waals surface area contributed by atoms with Gasteiger partial charge in [0.2, 0.25) is 5.91 Å². The minimum Gasteiger partial charge on any atom is -0.352 e. The van der Waals surface area contributed by atoms with E-state index in [1.165, 1.54) is 30.3 Å². The van der Waals surface area contributed by atoms with Crippen molar-refractivity contribution in [2.75, 3.05) is 6.54 Å². The minimum atomic E-state index is -0.322. The summed E-state index contributed by atoms with van der Waals surface area (Å²) in [5.41, 5.74) is 2.06. The van der Waals surface area contributed by atoms with Crippen molar-refractivity contribution in [3.63, 3.8) is 0 Å². The summed E-state index contributed by atoms with van der Waals surface area (Å²) in [6.45, 7) is 0.398. The molecule has 0 atom stereocenters. The van der Waals surface area contributed by atoms with E-state index in [4.69, 9.17) is 0 Å². The zero-order valence-corrected chi connectivity index (χ0v) is 12.7. The maximum atomic E-state index is 13.1. The molecule has 1 amide bonds. The average molecular weight is 327 g/mol. The number of rotatable bonds is 5. The molecule has 3 aromatic rings. The first-order valence-corrected chi connectivity index (χ1v) is 7.46. The summed E-state index contributed by atoms with van der Waals surface area (Å²) in [5.74, 6) is -0.209. The lowest BCUT2D eigenvalue weighted by molar-refractivity contribution is -0.116. The summed E-state index contributed by atoms with van der Waals surface area (Å²) < 4.78 is 25.9. The molecule has 0 saturated carbocycles. The van der Waals surface area contributed by atoms with E-state index < -0.39 is 0 Å². The number of carbonyl (C=O) groups excluding carboxylic acids is 1. The molecule has 24 heavy (non-hydrogen) atoms. The van der Waals surface area contributed by atoms with Crippen LogP contribution in [0.5, 0.6) is 0 Å². The molecule has 0 aliphatic carbocycles. The fraction of sp³-hybridized carbons (Fsp3) is 0.111. The Hall–Kier alpha value is -3.02. The maximum absolute atomic E-state index is 13.1. The van der Waals surface area contributed by atoms with Gasteiger partial charge < -0.3 is 10.3 Å². The second kappa shape index (κ2) is 7.04. The van der Waals surface area contributed by atoms with Crippen molar-refractivity contribution < 1.29 is 13.6 Å². The number of benzene rings is 2. The molecule has 3 rings (SSSR count). The van der Waals surface area contributed by atoms with Crippen molar-refractivity contribution in [2.45, 2.75) is 6.42 Å². The number of nitrogens with one attached hydrogen (secondary N) is 2. The number of fused-ring (bicyclic) bond motifs is 1. The second-order valence-corrected chi connectivity index (χ2v) is 5.27. The lowest BCUT2D eigenvalue weighted by atomic mass is 10.2. The van der Waals surface area contributed by atoms with Gasteiger partial charge in [0, 0.05) is 19.0 Å². The van der Waals surface area contributed by atoms with E-state index >= 15 is 0 Å². The Morgan fingerprint density at radius 1 is 1.12 bits per heavy atom. The standard InChI is InChI=1S/C18H15F2N3O/c19-13-4-1-12(2-5-13)3-8-18(24)21-10-9-17-22-15-7-6-14(20)11-16(15)23-17/h1-8,11H,9-10H2,(H,21,24)(H,22,23)/b8-3+. The van der Waals surface area contributed by atoms with Crippen LogP contribution >= 0.6 is 0 Å². The second-order valence-electron chi connectivity index (χ2n) is 5.27. The minimum absolute atomic E-state index is 0.249. The highest BCUT2D eigenvalue weighted by molar-refractivity contribution is 5.91. The Labute approximate surface area is 137 Å². The molecule has 2 aromatic carbocycles. The number of hydrogen-bond acceptors (Lipinski definition) is 2. The Kier molecular flexibility index (Phi) is 4.65. The third kappa shape index (κ3) is 4.04. The van der Waals surface area contributed by atoms with Crippen LogP contribution < -0.4 is 5.32 Å². The molecule has 0 radical (unpaired) electrons. The monoisotopic (exact) mass is 327 g/mol. The van der Waals surface area contributed by atoms with E-state index in [1.807, 2.05) is 0 Å². The SMILES string of the molecule is O=C(/C=C/c1ccc(F)cc1)NCCc1nc2ccc(F)cc2[nH]1. The number of amides is 1. The van der Waals surface area contributed by atoms with Crippen molar-refractivity contribution in [1.29, 1.82) is 0 Å². The first-order chi connectivity index (χ1) is 11.6. The maximum Gasteiger partial charge on any atom is 0.244 e. The molecule has 0 fully saturated rings.